The second-order valence-corrected chi connectivity index (χ2v) is 5.11. The summed E-state index contributed by atoms with van der Waals surface area (Å²) >= 11 is 6.11. The van der Waals surface area contributed by atoms with Crippen LogP contribution in [0.15, 0.2) is 54.9 Å². The van der Waals surface area contributed by atoms with Crippen LogP contribution < -0.4 is 10.1 Å². The molecule has 0 aliphatic heterocycles. The van der Waals surface area contributed by atoms with Crippen molar-refractivity contribution in [1.82, 2.24) is 15.0 Å². The second-order valence-electron chi connectivity index (χ2n) is 4.72. The van der Waals surface area contributed by atoms with E-state index in [4.69, 9.17) is 16.3 Å². The third-order valence-electron chi connectivity index (χ3n) is 3.07. The maximum Gasteiger partial charge on any atom is 0.163 e. The molecular weight excluding hydrogens is 312 g/mol. The van der Waals surface area contributed by atoms with Gasteiger partial charge in [-0.05, 0) is 43.3 Å². The van der Waals surface area contributed by atoms with E-state index in [1.54, 1.807) is 18.5 Å². The number of ether oxygens (including phenoxy) is 1. The van der Waals surface area contributed by atoms with E-state index >= 15 is 0 Å². The Balaban J connectivity index is 1.84. The molecular formula is C17H15ClN4O. The molecule has 3 aromatic rings. The second kappa shape index (κ2) is 7.07. The van der Waals surface area contributed by atoms with E-state index in [0.29, 0.717) is 23.4 Å². The number of nitrogens with zero attached hydrogens (tertiary/aromatic N) is 3. The van der Waals surface area contributed by atoms with Gasteiger partial charge in [0.05, 0.1) is 6.61 Å². The minimum Gasteiger partial charge on any atom is -0.494 e. The fraction of sp³-hybridized carbons (Fsp3) is 0.118. The van der Waals surface area contributed by atoms with Gasteiger partial charge in [0.15, 0.2) is 5.82 Å². The molecule has 5 nitrogen and oxygen atoms in total. The molecule has 1 aromatic carbocycles. The van der Waals surface area contributed by atoms with Crippen molar-refractivity contribution in [2.75, 3.05) is 11.9 Å². The minimum absolute atomic E-state index is 0.375. The number of hydrogen-bond donors (Lipinski definition) is 1. The number of nitrogens with one attached hydrogen (secondary N) is 1. The van der Waals surface area contributed by atoms with Crippen molar-refractivity contribution in [2.24, 2.45) is 0 Å². The van der Waals surface area contributed by atoms with Gasteiger partial charge in [-0.25, -0.2) is 9.97 Å². The Hall–Kier alpha value is -2.66. The van der Waals surface area contributed by atoms with Crippen molar-refractivity contribution in [1.29, 1.82) is 0 Å². The highest BCUT2D eigenvalue weighted by Crippen LogP contribution is 2.23. The van der Waals surface area contributed by atoms with Gasteiger partial charge >= 0.3 is 0 Å². The van der Waals surface area contributed by atoms with E-state index in [-0.39, 0.29) is 0 Å². The standard InChI is InChI=1S/C17H15ClN4O/c1-2-23-14-5-3-13(4-6-14)20-16-11-15(18)21-17(22-16)12-7-9-19-10-8-12/h3-11H,2H2,1H3,(H,20,21,22). The highest BCUT2D eigenvalue weighted by molar-refractivity contribution is 6.29. The Labute approximate surface area is 139 Å². The zero-order valence-electron chi connectivity index (χ0n) is 12.5. The van der Waals surface area contributed by atoms with Crippen LogP contribution in [-0.2, 0) is 0 Å². The monoisotopic (exact) mass is 326 g/mol. The fourth-order valence-corrected chi connectivity index (χ4v) is 2.24. The van der Waals surface area contributed by atoms with Crippen molar-refractivity contribution in [3.63, 3.8) is 0 Å². The zero-order valence-corrected chi connectivity index (χ0v) is 13.3. The van der Waals surface area contributed by atoms with Gasteiger partial charge in [-0.2, -0.15) is 0 Å². The van der Waals surface area contributed by atoms with Crippen LogP contribution in [0.5, 0.6) is 5.75 Å². The van der Waals surface area contributed by atoms with E-state index in [1.807, 2.05) is 43.3 Å². The number of anilines is 2. The van der Waals surface area contributed by atoms with Crippen molar-refractivity contribution in [2.45, 2.75) is 6.92 Å². The molecule has 0 amide bonds. The SMILES string of the molecule is CCOc1ccc(Nc2cc(Cl)nc(-c3ccncc3)n2)cc1. The molecule has 0 saturated heterocycles. The molecule has 0 unspecified atom stereocenters. The molecule has 6 heteroatoms. The first-order valence-electron chi connectivity index (χ1n) is 7.19. The summed E-state index contributed by atoms with van der Waals surface area (Å²) in [6.45, 7) is 2.60. The lowest BCUT2D eigenvalue weighted by molar-refractivity contribution is 0.340. The molecule has 116 valence electrons. The maximum absolute atomic E-state index is 6.11. The van der Waals surface area contributed by atoms with Gasteiger partial charge in [-0.3, -0.25) is 4.98 Å². The van der Waals surface area contributed by atoms with Crippen molar-refractivity contribution in [3.8, 4) is 17.1 Å². The third-order valence-corrected chi connectivity index (χ3v) is 3.26. The number of aromatic nitrogens is 3. The lowest BCUT2D eigenvalue weighted by Gasteiger charge is -2.09. The molecule has 1 N–H and O–H groups in total. The third kappa shape index (κ3) is 3.96. The van der Waals surface area contributed by atoms with Crippen molar-refractivity contribution >= 4 is 23.1 Å². The minimum atomic E-state index is 0.375. The van der Waals surface area contributed by atoms with Crippen LogP contribution in [0.1, 0.15) is 6.92 Å². The largest absolute Gasteiger partial charge is 0.494 e. The molecule has 0 radical (unpaired) electrons. The van der Waals surface area contributed by atoms with E-state index in [2.05, 4.69) is 20.3 Å². The molecule has 0 saturated carbocycles. The molecule has 0 atom stereocenters. The van der Waals surface area contributed by atoms with Crippen LogP contribution in [0.3, 0.4) is 0 Å². The summed E-state index contributed by atoms with van der Waals surface area (Å²) in [5.74, 6) is 2.01. The van der Waals surface area contributed by atoms with Gasteiger partial charge in [-0.1, -0.05) is 11.6 Å². The first kappa shape index (κ1) is 15.2. The van der Waals surface area contributed by atoms with E-state index < -0.39 is 0 Å². The van der Waals surface area contributed by atoms with Crippen LogP contribution in [0.2, 0.25) is 5.15 Å². The first-order valence-corrected chi connectivity index (χ1v) is 7.57. The highest BCUT2D eigenvalue weighted by atomic mass is 35.5. The van der Waals surface area contributed by atoms with Gasteiger partial charge < -0.3 is 10.1 Å². The topological polar surface area (TPSA) is 59.9 Å². The first-order chi connectivity index (χ1) is 11.2. The van der Waals surface area contributed by atoms with Crippen LogP contribution in [0.4, 0.5) is 11.5 Å². The average molecular weight is 327 g/mol. The number of pyridine rings is 1. The molecule has 0 aliphatic rings. The lowest BCUT2D eigenvalue weighted by atomic mass is 10.2. The van der Waals surface area contributed by atoms with Gasteiger partial charge in [0.2, 0.25) is 0 Å². The highest BCUT2D eigenvalue weighted by Gasteiger charge is 2.06. The summed E-state index contributed by atoms with van der Waals surface area (Å²) in [7, 11) is 0. The number of hydrogen-bond acceptors (Lipinski definition) is 5. The van der Waals surface area contributed by atoms with Crippen molar-refractivity contribution in [3.05, 3.63) is 60.0 Å². The molecule has 2 aromatic heterocycles. The molecule has 3 rings (SSSR count). The van der Waals surface area contributed by atoms with Gasteiger partial charge in [0.25, 0.3) is 0 Å². The normalized spacial score (nSPS) is 10.3. The summed E-state index contributed by atoms with van der Waals surface area (Å²) in [4.78, 5) is 12.7. The maximum atomic E-state index is 6.11. The van der Waals surface area contributed by atoms with Crippen LogP contribution in [0, 0.1) is 0 Å². The zero-order chi connectivity index (χ0) is 16.1. The molecule has 0 spiro atoms. The average Bonchev–Trinajstić information content (AvgIpc) is 2.57. The van der Waals surface area contributed by atoms with Crippen LogP contribution in [-0.4, -0.2) is 21.6 Å². The van der Waals surface area contributed by atoms with E-state index in [9.17, 15) is 0 Å². The quantitative estimate of drug-likeness (QED) is 0.707. The van der Waals surface area contributed by atoms with Crippen molar-refractivity contribution < 1.29 is 4.74 Å². The van der Waals surface area contributed by atoms with Gasteiger partial charge in [0, 0.05) is 29.7 Å². The summed E-state index contributed by atoms with van der Waals surface area (Å²) < 4.78 is 5.43. The summed E-state index contributed by atoms with van der Waals surface area (Å²) in [5.41, 5.74) is 1.75. The molecule has 0 fully saturated rings. The summed E-state index contributed by atoms with van der Waals surface area (Å²) in [6, 6.07) is 13.0. The number of rotatable bonds is 5. The Morgan fingerprint density at radius 2 is 1.78 bits per heavy atom. The van der Waals surface area contributed by atoms with E-state index in [0.717, 1.165) is 17.0 Å². The summed E-state index contributed by atoms with van der Waals surface area (Å²) in [5, 5.41) is 3.59. The predicted molar refractivity (Wildman–Crippen MR) is 91.2 cm³/mol. The molecule has 0 aliphatic carbocycles. The number of benzene rings is 1. The fourth-order valence-electron chi connectivity index (χ4n) is 2.06. The summed E-state index contributed by atoms with van der Waals surface area (Å²) in [6.07, 6.45) is 3.39. The lowest BCUT2D eigenvalue weighted by Crippen LogP contribution is -1.98. The van der Waals surface area contributed by atoms with Gasteiger partial charge in [-0.15, -0.1) is 0 Å². The van der Waals surface area contributed by atoms with Gasteiger partial charge in [0.1, 0.15) is 16.7 Å². The van der Waals surface area contributed by atoms with Crippen LogP contribution in [0.25, 0.3) is 11.4 Å². The molecule has 2 heterocycles. The predicted octanol–water partition coefficient (Wildman–Crippen LogP) is 4.33. The van der Waals surface area contributed by atoms with E-state index in [1.165, 1.54) is 0 Å². The Morgan fingerprint density at radius 1 is 1.04 bits per heavy atom. The Morgan fingerprint density at radius 3 is 2.48 bits per heavy atom. The Bertz CT molecular complexity index is 778. The number of halogens is 1. The smallest absolute Gasteiger partial charge is 0.163 e. The molecule has 23 heavy (non-hydrogen) atoms. The Kier molecular flexibility index (Phi) is 4.68. The van der Waals surface area contributed by atoms with Crippen LogP contribution >= 0.6 is 11.6 Å². The molecule has 0 bridgehead atoms.